The van der Waals surface area contributed by atoms with Gasteiger partial charge < -0.3 is 16.1 Å². The molecular weight excluding hydrogens is 604 g/mol. The fourth-order valence-electron chi connectivity index (χ4n) is 4.51. The number of hydrogen-bond acceptors (Lipinski definition) is 1. The zero-order valence-electron chi connectivity index (χ0n) is 26.5. The quantitative estimate of drug-likeness (QED) is 0.215. The molecule has 0 N–H and O–H groups in total. The average Bonchev–Trinajstić information content (AvgIpc) is 3.16. The summed E-state index contributed by atoms with van der Waals surface area (Å²) < 4.78 is 4.94. The molecular formula is C28H61LaOSi4+. The van der Waals surface area contributed by atoms with E-state index >= 15 is 0 Å². The van der Waals surface area contributed by atoms with Crippen LogP contribution in [0, 0.1) is 76.5 Å². The van der Waals surface area contributed by atoms with Crippen LogP contribution in [0.4, 0.5) is 0 Å². The molecule has 2 fully saturated rings. The van der Waals surface area contributed by atoms with Crippen molar-refractivity contribution in [2.24, 2.45) is 0 Å². The van der Waals surface area contributed by atoms with E-state index < -0.39 is 32.3 Å². The molecule has 1 nitrogen and oxygen atoms in total. The Kier molecular flexibility index (Phi) is 20.9. The summed E-state index contributed by atoms with van der Waals surface area (Å²) in [5.41, 5.74) is 5.31. The van der Waals surface area contributed by atoms with Crippen LogP contribution >= 0.6 is 0 Å². The Balaban J connectivity index is -0.000000381. The second-order valence-corrected chi connectivity index (χ2v) is 35.4. The van der Waals surface area contributed by atoms with Crippen LogP contribution < -0.4 is 0 Å². The number of ether oxygens (including phenoxy) is 1. The molecule has 34 heavy (non-hydrogen) atoms. The Hall–Kier alpha value is 2.02. The minimum Gasteiger partial charge on any atom is -0.381 e. The molecule has 2 rings (SSSR count). The van der Waals surface area contributed by atoms with E-state index in [-0.39, 0.29) is 35.6 Å². The van der Waals surface area contributed by atoms with Crippen LogP contribution in [0.25, 0.3) is 0 Å². The molecule has 1 aliphatic carbocycles. The average molecular weight is 665 g/mol. The standard InChI is InChI=1S/C10H15.2C7H19Si2.C4H8O.La/c1-6-7(2)9(4)10(5)8(6)3;2*1-8(2,3)7-9(4,5)6;1-2-4-5-3-1;/h1-5H3;2*7H,1-6H3;1-4H2;/q;2*-1;;+3. The Labute approximate surface area is 250 Å². The van der Waals surface area contributed by atoms with Crippen molar-refractivity contribution in [1.82, 2.24) is 0 Å². The first-order valence-corrected chi connectivity index (χ1v) is 27.3. The van der Waals surface area contributed by atoms with Gasteiger partial charge in [0.2, 0.25) is 0 Å². The van der Waals surface area contributed by atoms with E-state index in [0.717, 1.165) is 13.2 Å². The molecule has 0 unspecified atom stereocenters. The van der Waals surface area contributed by atoms with Gasteiger partial charge in [-0.15, -0.1) is 32.3 Å². The summed E-state index contributed by atoms with van der Waals surface area (Å²) in [6.45, 7) is 41.9. The molecule has 0 bridgehead atoms. The van der Waals surface area contributed by atoms with Crippen LogP contribution in [0.2, 0.25) is 78.6 Å². The summed E-state index contributed by atoms with van der Waals surface area (Å²) in [7, 11) is -3.42. The molecule has 1 saturated heterocycles. The number of rotatable bonds is 4. The van der Waals surface area contributed by atoms with Crippen LogP contribution in [0.1, 0.15) is 47.5 Å². The van der Waals surface area contributed by atoms with Gasteiger partial charge in [0.15, 0.2) is 0 Å². The summed E-state index contributed by atoms with van der Waals surface area (Å²) in [4.78, 5) is 0. The van der Waals surface area contributed by atoms with E-state index in [1.165, 1.54) is 42.4 Å². The maximum Gasteiger partial charge on any atom is 3.00 e. The van der Waals surface area contributed by atoms with Gasteiger partial charge in [-0.05, 0) is 42.4 Å². The second kappa shape index (κ2) is 17.6. The molecule has 1 heterocycles. The Morgan fingerprint density at radius 1 is 0.441 bits per heavy atom. The van der Waals surface area contributed by atoms with Gasteiger partial charge in [-0.1, -0.05) is 113 Å². The third-order valence-corrected chi connectivity index (χ3v) is 19.2. The monoisotopic (exact) mass is 664 g/mol. The normalized spacial score (nSPS) is 19.3. The molecule has 6 heteroatoms. The first kappa shape index (κ1) is 40.5. The van der Waals surface area contributed by atoms with E-state index in [4.69, 9.17) is 4.74 Å². The Bertz CT molecular complexity index is 394. The van der Waals surface area contributed by atoms with E-state index in [2.05, 4.69) is 125 Å². The summed E-state index contributed by atoms with van der Waals surface area (Å²) in [6, 6.07) is 0. The molecule has 0 aromatic rings. The zero-order valence-corrected chi connectivity index (χ0v) is 34.1. The first-order chi connectivity index (χ1) is 14.5. The van der Waals surface area contributed by atoms with Gasteiger partial charge in [0.1, 0.15) is 0 Å². The van der Waals surface area contributed by atoms with Gasteiger partial charge >= 0.3 is 35.6 Å². The van der Waals surface area contributed by atoms with Gasteiger partial charge in [0, 0.05) is 13.2 Å². The second-order valence-electron chi connectivity index (χ2n) is 14.2. The first-order valence-electron chi connectivity index (χ1n) is 13.0. The summed E-state index contributed by atoms with van der Waals surface area (Å²) in [6.07, 6.45) is 2.56. The summed E-state index contributed by atoms with van der Waals surface area (Å²) >= 11 is 0. The molecule has 197 valence electrons. The zero-order chi connectivity index (χ0) is 26.8. The summed E-state index contributed by atoms with van der Waals surface area (Å²) in [5, 5.41) is 0. The fourth-order valence-corrected chi connectivity index (χ4v) is 25.3. The van der Waals surface area contributed by atoms with Crippen molar-refractivity contribution >= 4 is 32.3 Å². The molecule has 5 radical (unpaired) electrons. The fraction of sp³-hybridized carbons (Fsp3) is 0.750. The van der Waals surface area contributed by atoms with Gasteiger partial charge in [-0.25, -0.2) is 0 Å². The van der Waals surface area contributed by atoms with Crippen LogP contribution in [0.5, 0.6) is 0 Å². The predicted molar refractivity (Wildman–Crippen MR) is 167 cm³/mol. The van der Waals surface area contributed by atoms with E-state index in [1.807, 2.05) is 0 Å². The van der Waals surface area contributed by atoms with Crippen molar-refractivity contribution in [1.29, 1.82) is 0 Å². The van der Waals surface area contributed by atoms with E-state index in [9.17, 15) is 0 Å². The molecule has 0 aromatic heterocycles. The molecule has 0 spiro atoms. The van der Waals surface area contributed by atoms with Gasteiger partial charge in [-0.2, -0.15) is 0 Å². The van der Waals surface area contributed by atoms with Gasteiger partial charge in [0.25, 0.3) is 0 Å². The topological polar surface area (TPSA) is 9.23 Å². The van der Waals surface area contributed by atoms with Crippen molar-refractivity contribution < 1.29 is 40.3 Å². The molecule has 0 atom stereocenters. The minimum atomic E-state index is -0.856. The van der Waals surface area contributed by atoms with Crippen molar-refractivity contribution in [2.75, 3.05) is 13.2 Å². The number of hydrogen-bond donors (Lipinski definition) is 0. The Morgan fingerprint density at radius 2 is 0.618 bits per heavy atom. The van der Waals surface area contributed by atoms with Crippen LogP contribution in [0.3, 0.4) is 0 Å². The molecule has 0 aromatic carbocycles. The Morgan fingerprint density at radius 3 is 0.676 bits per heavy atom. The van der Waals surface area contributed by atoms with Crippen molar-refractivity contribution in [3.63, 3.8) is 0 Å². The maximum absolute atomic E-state index is 4.94. The smallest absolute Gasteiger partial charge is 0.381 e. The van der Waals surface area contributed by atoms with Crippen LogP contribution in [-0.2, 0) is 4.74 Å². The molecule has 1 saturated carbocycles. The molecule has 1 aliphatic heterocycles. The van der Waals surface area contributed by atoms with Crippen LogP contribution in [0.15, 0.2) is 0 Å². The van der Waals surface area contributed by atoms with Crippen molar-refractivity contribution in [3.05, 3.63) is 40.9 Å². The van der Waals surface area contributed by atoms with Gasteiger partial charge in [-0.3, -0.25) is 0 Å². The van der Waals surface area contributed by atoms with E-state index in [0.29, 0.717) is 0 Å². The maximum atomic E-state index is 4.94. The third kappa shape index (κ3) is 24.4. The van der Waals surface area contributed by atoms with E-state index in [1.54, 1.807) is 0 Å². The third-order valence-electron chi connectivity index (χ3n) is 5.37. The minimum absolute atomic E-state index is 0. The van der Waals surface area contributed by atoms with Gasteiger partial charge in [0.05, 0.1) is 0 Å². The SMILES string of the molecule is C1CCOC1.C[C]1[C](C)[C](C)[C](C)[C]1C.C[Si](C)(C)[CH-][Si](C)(C)C.C[Si](C)(C)[CH-][Si](C)(C)C.[La+3]. The summed E-state index contributed by atoms with van der Waals surface area (Å²) in [5.74, 6) is 7.34. The largest absolute Gasteiger partial charge is 3.00 e. The van der Waals surface area contributed by atoms with Crippen molar-refractivity contribution in [3.8, 4) is 0 Å². The van der Waals surface area contributed by atoms with Crippen molar-refractivity contribution in [2.45, 2.75) is 126 Å². The van der Waals surface area contributed by atoms with Crippen LogP contribution in [-0.4, -0.2) is 45.5 Å². The predicted octanol–water partition coefficient (Wildman–Crippen LogP) is 9.66. The molecule has 2 aliphatic rings. The molecule has 0 amide bonds.